The number of rotatable bonds is 4. The van der Waals surface area contributed by atoms with Gasteiger partial charge >= 0.3 is 0 Å². The zero-order valence-electron chi connectivity index (χ0n) is 33.4. The molecule has 13 rings (SSSR count). The Balaban J connectivity index is 1.09. The average molecular weight is 766 g/mol. The largest absolute Gasteiger partial charge is 0.455 e. The van der Waals surface area contributed by atoms with Gasteiger partial charge < -0.3 is 9.32 Å². The Morgan fingerprint density at radius 2 is 0.900 bits per heavy atom. The maximum Gasteiger partial charge on any atom is 0.143 e. The molecule has 0 unspecified atom stereocenters. The molecule has 1 aromatic heterocycles. The van der Waals surface area contributed by atoms with Gasteiger partial charge in [0.05, 0.1) is 5.41 Å². The van der Waals surface area contributed by atoms with E-state index in [1.54, 1.807) is 0 Å². The second-order valence-corrected chi connectivity index (χ2v) is 17.2. The lowest BCUT2D eigenvalue weighted by atomic mass is 9.70. The van der Waals surface area contributed by atoms with Crippen LogP contribution < -0.4 is 4.90 Å². The Bertz CT molecular complexity index is 3360. The number of furan rings is 1. The Labute approximate surface area is 349 Å². The van der Waals surface area contributed by atoms with Crippen molar-refractivity contribution in [1.29, 1.82) is 0 Å². The molecular weight excluding hydrogens is 727 g/mol. The Kier molecular flexibility index (Phi) is 6.74. The van der Waals surface area contributed by atoms with Crippen LogP contribution in [0.4, 0.5) is 17.1 Å². The van der Waals surface area contributed by atoms with E-state index in [0.717, 1.165) is 39.0 Å². The lowest BCUT2D eigenvalue weighted by Gasteiger charge is -2.32. The Morgan fingerprint density at radius 1 is 0.367 bits per heavy atom. The fourth-order valence-electron chi connectivity index (χ4n) is 11.2. The fourth-order valence-corrected chi connectivity index (χ4v) is 11.2. The molecule has 3 aliphatic rings. The Hall–Kier alpha value is -7.42. The first-order valence-corrected chi connectivity index (χ1v) is 21.0. The van der Waals surface area contributed by atoms with E-state index in [9.17, 15) is 0 Å². The summed E-state index contributed by atoms with van der Waals surface area (Å²) >= 11 is 0. The monoisotopic (exact) mass is 765 g/mol. The van der Waals surface area contributed by atoms with Crippen molar-refractivity contribution in [3.05, 3.63) is 234 Å². The van der Waals surface area contributed by atoms with Gasteiger partial charge in [-0.05, 0) is 115 Å². The summed E-state index contributed by atoms with van der Waals surface area (Å²) in [5, 5.41) is 2.30. The predicted octanol–water partition coefficient (Wildman–Crippen LogP) is 15.4. The molecule has 1 heterocycles. The highest BCUT2D eigenvalue weighted by Gasteiger charge is 2.52. The molecule has 0 bridgehead atoms. The number of fused-ring (bicyclic) bond motifs is 17. The van der Waals surface area contributed by atoms with E-state index in [2.05, 4.69) is 219 Å². The van der Waals surface area contributed by atoms with Gasteiger partial charge in [-0.1, -0.05) is 172 Å². The number of para-hydroxylation sites is 1. The zero-order chi connectivity index (χ0) is 39.7. The molecule has 0 saturated heterocycles. The normalized spacial score (nSPS) is 14.4. The van der Waals surface area contributed by atoms with E-state index >= 15 is 0 Å². The van der Waals surface area contributed by atoms with Gasteiger partial charge in [0.1, 0.15) is 11.2 Å². The third-order valence-electron chi connectivity index (χ3n) is 13.9. The summed E-state index contributed by atoms with van der Waals surface area (Å²) in [5.41, 5.74) is 22.5. The number of anilines is 3. The third-order valence-corrected chi connectivity index (χ3v) is 13.9. The smallest absolute Gasteiger partial charge is 0.143 e. The summed E-state index contributed by atoms with van der Waals surface area (Å²) < 4.78 is 6.87. The summed E-state index contributed by atoms with van der Waals surface area (Å²) in [5.74, 6) is 0. The van der Waals surface area contributed by atoms with E-state index < -0.39 is 5.41 Å². The van der Waals surface area contributed by atoms with Crippen LogP contribution in [0.15, 0.2) is 205 Å². The predicted molar refractivity (Wildman–Crippen MR) is 248 cm³/mol. The van der Waals surface area contributed by atoms with Gasteiger partial charge in [0.25, 0.3) is 0 Å². The molecule has 0 N–H and O–H groups in total. The van der Waals surface area contributed by atoms with Crippen LogP contribution in [-0.2, 0) is 10.8 Å². The molecule has 9 aromatic carbocycles. The molecule has 0 amide bonds. The van der Waals surface area contributed by atoms with E-state index in [1.807, 2.05) is 0 Å². The highest BCUT2D eigenvalue weighted by atomic mass is 16.3. The van der Waals surface area contributed by atoms with Crippen LogP contribution in [0.1, 0.15) is 47.2 Å². The van der Waals surface area contributed by atoms with Gasteiger partial charge in [0, 0.05) is 38.8 Å². The van der Waals surface area contributed by atoms with Crippen molar-refractivity contribution in [2.45, 2.75) is 24.7 Å². The summed E-state index contributed by atoms with van der Waals surface area (Å²) in [6, 6.07) is 74.1. The molecule has 0 fully saturated rings. The van der Waals surface area contributed by atoms with Gasteiger partial charge in [-0.3, -0.25) is 0 Å². The summed E-state index contributed by atoms with van der Waals surface area (Å²) in [7, 11) is 0. The van der Waals surface area contributed by atoms with Crippen molar-refractivity contribution in [3.63, 3.8) is 0 Å². The maximum atomic E-state index is 6.87. The van der Waals surface area contributed by atoms with Crippen LogP contribution in [0.5, 0.6) is 0 Å². The number of nitrogens with zero attached hydrogens (tertiary/aromatic N) is 1. The fraction of sp³-hybridized carbons (Fsp3) is 0.0690. The molecule has 0 radical (unpaired) electrons. The molecule has 0 atom stereocenters. The quantitative estimate of drug-likeness (QED) is 0.177. The second-order valence-electron chi connectivity index (χ2n) is 17.2. The maximum absolute atomic E-state index is 6.87. The first-order valence-electron chi connectivity index (χ1n) is 21.0. The van der Waals surface area contributed by atoms with Crippen LogP contribution in [-0.4, -0.2) is 0 Å². The van der Waals surface area contributed by atoms with Crippen molar-refractivity contribution in [1.82, 2.24) is 0 Å². The van der Waals surface area contributed by atoms with Crippen LogP contribution >= 0.6 is 0 Å². The van der Waals surface area contributed by atoms with E-state index in [-0.39, 0.29) is 5.41 Å². The van der Waals surface area contributed by atoms with Crippen LogP contribution in [0.25, 0.3) is 66.4 Å². The SMILES string of the molecule is CC1(C)c2ccccc2-c2ccc(N(c3ccc(-c4ccccc4)cc3)c3ccc4c(c3)C3(c5ccccc5-c5ccccc53)c3ccc5c(oc6ccccc65)c3-4)cc21. The van der Waals surface area contributed by atoms with Crippen LogP contribution in [0, 0.1) is 0 Å². The summed E-state index contributed by atoms with van der Waals surface area (Å²) in [4.78, 5) is 2.47. The van der Waals surface area contributed by atoms with Crippen molar-refractivity contribution in [3.8, 4) is 44.5 Å². The molecular formula is C58H39NO. The minimum Gasteiger partial charge on any atom is -0.455 e. The summed E-state index contributed by atoms with van der Waals surface area (Å²) in [6.07, 6.45) is 0. The minimum absolute atomic E-state index is 0.135. The average Bonchev–Trinajstić information content (AvgIpc) is 3.99. The zero-order valence-corrected chi connectivity index (χ0v) is 33.4. The molecule has 2 heteroatoms. The van der Waals surface area contributed by atoms with Crippen LogP contribution in [0.2, 0.25) is 0 Å². The van der Waals surface area contributed by atoms with Crippen LogP contribution in [0.3, 0.4) is 0 Å². The highest BCUT2D eigenvalue weighted by Crippen LogP contribution is 2.65. The first-order chi connectivity index (χ1) is 29.5. The standard InChI is InChI=1S/C58H39NO/c1-57(2)48-20-10-6-16-41(48)44-30-28-39(34-52(44)57)59(38-26-24-37(25-27-38)36-14-4-3-5-15-36)40-29-31-47-53(35-40)58(49-21-11-7-17-42(49)43-18-8-12-22-50(43)58)51-33-32-46-45-19-9-13-23-54(45)60-56(46)55(47)51/h3-35H,1-2H3. The minimum atomic E-state index is -0.536. The lowest BCUT2D eigenvalue weighted by molar-refractivity contribution is 0.660. The van der Waals surface area contributed by atoms with Crippen molar-refractivity contribution in [2.75, 3.05) is 4.90 Å². The lowest BCUT2D eigenvalue weighted by Crippen LogP contribution is -2.26. The highest BCUT2D eigenvalue weighted by molar-refractivity contribution is 6.13. The van der Waals surface area contributed by atoms with E-state index in [0.29, 0.717) is 0 Å². The number of hydrogen-bond acceptors (Lipinski definition) is 2. The molecule has 2 nitrogen and oxygen atoms in total. The van der Waals surface area contributed by atoms with E-state index in [4.69, 9.17) is 4.42 Å². The molecule has 60 heavy (non-hydrogen) atoms. The van der Waals surface area contributed by atoms with Gasteiger partial charge in [-0.25, -0.2) is 0 Å². The molecule has 10 aromatic rings. The van der Waals surface area contributed by atoms with E-state index in [1.165, 1.54) is 77.9 Å². The van der Waals surface area contributed by atoms with Crippen molar-refractivity contribution >= 4 is 39.0 Å². The summed E-state index contributed by atoms with van der Waals surface area (Å²) in [6.45, 7) is 4.73. The van der Waals surface area contributed by atoms with Gasteiger partial charge in [-0.2, -0.15) is 0 Å². The van der Waals surface area contributed by atoms with Gasteiger partial charge in [0.15, 0.2) is 0 Å². The second kappa shape index (κ2) is 12.1. The number of hydrogen-bond donors (Lipinski definition) is 0. The number of benzene rings is 9. The molecule has 1 spiro atoms. The first kappa shape index (κ1) is 33.5. The Morgan fingerprint density at radius 3 is 1.62 bits per heavy atom. The third kappa shape index (κ3) is 4.32. The van der Waals surface area contributed by atoms with Gasteiger partial charge in [-0.15, -0.1) is 0 Å². The molecule has 282 valence electrons. The van der Waals surface area contributed by atoms with Gasteiger partial charge in [0.2, 0.25) is 0 Å². The molecule has 0 saturated carbocycles. The molecule has 0 aliphatic heterocycles. The topological polar surface area (TPSA) is 16.4 Å². The van der Waals surface area contributed by atoms with Crippen molar-refractivity contribution in [2.24, 2.45) is 0 Å². The molecule has 3 aliphatic carbocycles. The van der Waals surface area contributed by atoms with Crippen molar-refractivity contribution < 1.29 is 4.42 Å².